The van der Waals surface area contributed by atoms with Gasteiger partial charge in [0.15, 0.2) is 0 Å². The van der Waals surface area contributed by atoms with Gasteiger partial charge in [-0.2, -0.15) is 0 Å². The van der Waals surface area contributed by atoms with E-state index in [2.05, 4.69) is 5.32 Å². The number of fused-ring (bicyclic) bond motifs is 1. The molecule has 3 aromatic rings. The van der Waals surface area contributed by atoms with Crippen molar-refractivity contribution in [1.82, 2.24) is 14.8 Å². The molecule has 1 saturated heterocycles. The highest BCUT2D eigenvalue weighted by Crippen LogP contribution is 2.38. The summed E-state index contributed by atoms with van der Waals surface area (Å²) in [6.45, 7) is 3.03. The Morgan fingerprint density at radius 2 is 1.77 bits per heavy atom. The summed E-state index contributed by atoms with van der Waals surface area (Å²) < 4.78 is 16.9. The van der Waals surface area contributed by atoms with E-state index in [0.29, 0.717) is 43.9 Å². The molecule has 1 aliphatic heterocycles. The molecule has 35 heavy (non-hydrogen) atoms. The number of carbonyl (C=O) groups is 2. The van der Waals surface area contributed by atoms with E-state index < -0.39 is 17.2 Å². The predicted octanol–water partition coefficient (Wildman–Crippen LogP) is 2.61. The van der Waals surface area contributed by atoms with Gasteiger partial charge in [0.05, 0.1) is 17.7 Å². The van der Waals surface area contributed by atoms with Crippen LogP contribution in [0.15, 0.2) is 53.5 Å². The first kappa shape index (κ1) is 23.0. The van der Waals surface area contributed by atoms with E-state index in [4.69, 9.17) is 0 Å². The maximum atomic E-state index is 15.1. The fourth-order valence-corrected chi connectivity index (χ4v) is 4.61. The molecular formula is C26H27FN4O4. The number of carboxylic acids is 1. The Labute approximate surface area is 201 Å². The zero-order valence-electron chi connectivity index (χ0n) is 19.2. The number of carbonyl (C=O) groups excluding carboxylic acids is 1. The lowest BCUT2D eigenvalue weighted by Crippen LogP contribution is -2.49. The summed E-state index contributed by atoms with van der Waals surface area (Å²) in [6, 6.07) is 12.7. The second kappa shape index (κ2) is 9.50. The molecule has 2 heterocycles. The third-order valence-electron chi connectivity index (χ3n) is 6.68. The van der Waals surface area contributed by atoms with Crippen molar-refractivity contribution in [3.8, 4) is 0 Å². The molecule has 0 spiro atoms. The maximum absolute atomic E-state index is 15.1. The van der Waals surface area contributed by atoms with Crippen LogP contribution in [0.25, 0.3) is 10.9 Å². The van der Waals surface area contributed by atoms with Gasteiger partial charge >= 0.3 is 5.97 Å². The summed E-state index contributed by atoms with van der Waals surface area (Å²) in [6.07, 6.45) is 3.18. The van der Waals surface area contributed by atoms with E-state index in [-0.39, 0.29) is 29.4 Å². The molecule has 1 aliphatic carbocycles. The van der Waals surface area contributed by atoms with Gasteiger partial charge in [-0.05, 0) is 30.5 Å². The summed E-state index contributed by atoms with van der Waals surface area (Å²) in [5, 5.41) is 12.4. The van der Waals surface area contributed by atoms with Gasteiger partial charge in [-0.25, -0.2) is 9.18 Å². The smallest absolute Gasteiger partial charge is 0.341 e. The Hall–Kier alpha value is -3.72. The molecule has 2 aromatic carbocycles. The zero-order chi connectivity index (χ0) is 24.5. The number of aromatic carboxylic acids is 1. The number of nitrogens with one attached hydrogen (secondary N) is 1. The van der Waals surface area contributed by atoms with Crippen LogP contribution in [0.1, 0.15) is 34.8 Å². The highest BCUT2D eigenvalue weighted by Gasteiger charge is 2.28. The molecule has 0 radical (unpaired) electrons. The number of amides is 1. The first-order valence-corrected chi connectivity index (χ1v) is 11.8. The SMILES string of the molecule is O=C(CN1CCN(c2cc3c(cc2F)c(=O)c(C(=O)O)cn3C2CC2)CC1)NCc1ccccc1. The van der Waals surface area contributed by atoms with Gasteiger partial charge < -0.3 is 19.9 Å². The molecule has 8 nitrogen and oxygen atoms in total. The number of rotatable bonds is 7. The van der Waals surface area contributed by atoms with Crippen LogP contribution in [-0.2, 0) is 11.3 Å². The molecule has 2 aliphatic rings. The highest BCUT2D eigenvalue weighted by atomic mass is 19.1. The van der Waals surface area contributed by atoms with Crippen LogP contribution >= 0.6 is 0 Å². The molecule has 1 amide bonds. The van der Waals surface area contributed by atoms with Crippen LogP contribution in [0.3, 0.4) is 0 Å². The van der Waals surface area contributed by atoms with Crippen molar-refractivity contribution in [3.05, 3.63) is 75.8 Å². The lowest BCUT2D eigenvalue weighted by atomic mass is 10.1. The second-order valence-corrected chi connectivity index (χ2v) is 9.16. The molecule has 182 valence electrons. The minimum absolute atomic E-state index is 0.0538. The number of hydrogen-bond donors (Lipinski definition) is 2. The highest BCUT2D eigenvalue weighted by molar-refractivity contribution is 5.93. The topological polar surface area (TPSA) is 94.9 Å². The van der Waals surface area contributed by atoms with E-state index in [1.54, 1.807) is 10.6 Å². The number of hydrogen-bond acceptors (Lipinski definition) is 5. The molecule has 0 unspecified atom stereocenters. The predicted molar refractivity (Wildman–Crippen MR) is 130 cm³/mol. The van der Waals surface area contributed by atoms with Crippen molar-refractivity contribution in [2.24, 2.45) is 0 Å². The van der Waals surface area contributed by atoms with Crippen molar-refractivity contribution >= 4 is 28.5 Å². The summed E-state index contributed by atoms with van der Waals surface area (Å²) in [7, 11) is 0. The Kier molecular flexibility index (Phi) is 6.25. The fourth-order valence-electron chi connectivity index (χ4n) is 4.61. The first-order chi connectivity index (χ1) is 16.9. The molecule has 9 heteroatoms. The number of anilines is 1. The number of carboxylic acid groups (broad SMARTS) is 1. The molecule has 1 aromatic heterocycles. The van der Waals surface area contributed by atoms with E-state index in [0.717, 1.165) is 18.4 Å². The van der Waals surface area contributed by atoms with Crippen LogP contribution in [-0.4, -0.2) is 59.2 Å². The van der Waals surface area contributed by atoms with E-state index in [9.17, 15) is 19.5 Å². The summed E-state index contributed by atoms with van der Waals surface area (Å²) in [4.78, 5) is 40.5. The number of benzene rings is 2. The lowest BCUT2D eigenvalue weighted by molar-refractivity contribution is -0.122. The number of nitrogens with zero attached hydrogens (tertiary/aromatic N) is 3. The quantitative estimate of drug-likeness (QED) is 0.542. The van der Waals surface area contributed by atoms with Crippen molar-refractivity contribution in [2.45, 2.75) is 25.4 Å². The van der Waals surface area contributed by atoms with Gasteiger partial charge in [0.25, 0.3) is 0 Å². The molecule has 2 fully saturated rings. The second-order valence-electron chi connectivity index (χ2n) is 9.16. The lowest BCUT2D eigenvalue weighted by Gasteiger charge is -2.36. The zero-order valence-corrected chi connectivity index (χ0v) is 19.2. The molecule has 0 bridgehead atoms. The molecule has 2 N–H and O–H groups in total. The van der Waals surface area contributed by atoms with Crippen LogP contribution < -0.4 is 15.6 Å². The third-order valence-corrected chi connectivity index (χ3v) is 6.68. The normalized spacial score (nSPS) is 16.4. The molecule has 5 rings (SSSR count). The number of halogens is 1. The molecule has 0 atom stereocenters. The number of aromatic nitrogens is 1. The summed E-state index contributed by atoms with van der Waals surface area (Å²) in [5.74, 6) is -1.91. The maximum Gasteiger partial charge on any atom is 0.341 e. The van der Waals surface area contributed by atoms with Gasteiger partial charge in [-0.3, -0.25) is 14.5 Å². The standard InChI is InChI=1S/C26H27FN4O4/c27-21-12-19-22(31(18-6-7-18)15-20(25(19)33)26(34)35)13-23(21)30-10-8-29(9-11-30)16-24(32)28-14-17-4-2-1-3-5-17/h1-5,12-13,15,18H,6-11,14,16H2,(H,28,32)(H,34,35). The first-order valence-electron chi connectivity index (χ1n) is 11.8. The molecule has 1 saturated carbocycles. The van der Waals surface area contributed by atoms with Crippen LogP contribution in [0, 0.1) is 5.82 Å². The van der Waals surface area contributed by atoms with Gasteiger partial charge in [0.2, 0.25) is 11.3 Å². The van der Waals surface area contributed by atoms with Crippen LogP contribution in [0.2, 0.25) is 0 Å². The van der Waals surface area contributed by atoms with E-state index in [1.165, 1.54) is 12.3 Å². The van der Waals surface area contributed by atoms with Crippen LogP contribution in [0.5, 0.6) is 0 Å². The van der Waals surface area contributed by atoms with Crippen molar-refractivity contribution in [2.75, 3.05) is 37.6 Å². The number of piperazine rings is 1. The fraction of sp³-hybridized carbons (Fsp3) is 0.346. The van der Waals surface area contributed by atoms with Crippen molar-refractivity contribution < 1.29 is 19.1 Å². The minimum Gasteiger partial charge on any atom is -0.477 e. The van der Waals surface area contributed by atoms with Gasteiger partial charge in [0, 0.05) is 50.3 Å². The Balaban J connectivity index is 1.28. The largest absolute Gasteiger partial charge is 0.477 e. The van der Waals surface area contributed by atoms with E-state index in [1.807, 2.05) is 40.1 Å². The van der Waals surface area contributed by atoms with Crippen LogP contribution in [0.4, 0.5) is 10.1 Å². The van der Waals surface area contributed by atoms with Crippen molar-refractivity contribution in [1.29, 1.82) is 0 Å². The van der Waals surface area contributed by atoms with Gasteiger partial charge in [-0.1, -0.05) is 30.3 Å². The number of pyridine rings is 1. The molecular weight excluding hydrogens is 451 g/mol. The Morgan fingerprint density at radius 1 is 1.06 bits per heavy atom. The summed E-state index contributed by atoms with van der Waals surface area (Å²) in [5.41, 5.74) is 0.985. The van der Waals surface area contributed by atoms with Gasteiger partial charge in [0.1, 0.15) is 11.4 Å². The van der Waals surface area contributed by atoms with Gasteiger partial charge in [-0.15, -0.1) is 0 Å². The van der Waals surface area contributed by atoms with E-state index >= 15 is 4.39 Å². The summed E-state index contributed by atoms with van der Waals surface area (Å²) >= 11 is 0. The third kappa shape index (κ3) is 4.90. The minimum atomic E-state index is -1.31. The Morgan fingerprint density at radius 3 is 2.43 bits per heavy atom. The Bertz CT molecular complexity index is 1330. The van der Waals surface area contributed by atoms with Crippen molar-refractivity contribution in [3.63, 3.8) is 0 Å². The average molecular weight is 479 g/mol. The average Bonchev–Trinajstić information content (AvgIpc) is 3.69. The monoisotopic (exact) mass is 478 g/mol.